The molecule has 92 valence electrons. The van der Waals surface area contributed by atoms with Gasteiger partial charge in [0, 0.05) is 11.4 Å². The van der Waals surface area contributed by atoms with Crippen molar-refractivity contribution in [2.75, 3.05) is 6.54 Å². The molecule has 16 heavy (non-hydrogen) atoms. The maximum Gasteiger partial charge on any atom is 0.0213 e. The van der Waals surface area contributed by atoms with Gasteiger partial charge < -0.3 is 5.32 Å². The fourth-order valence-electron chi connectivity index (χ4n) is 1.79. The van der Waals surface area contributed by atoms with Crippen LogP contribution in [0.4, 0.5) is 0 Å². The van der Waals surface area contributed by atoms with Gasteiger partial charge in [-0.1, -0.05) is 33.1 Å². The molecule has 1 aromatic rings. The van der Waals surface area contributed by atoms with Crippen LogP contribution in [0.1, 0.15) is 56.4 Å². The lowest BCUT2D eigenvalue weighted by atomic mass is 10.1. The van der Waals surface area contributed by atoms with Crippen LogP contribution in [0, 0.1) is 0 Å². The Labute approximate surface area is 104 Å². The Morgan fingerprint density at radius 2 is 2.00 bits per heavy atom. The molecular weight excluding hydrogens is 214 g/mol. The van der Waals surface area contributed by atoms with Gasteiger partial charge in [0.05, 0.1) is 0 Å². The van der Waals surface area contributed by atoms with Gasteiger partial charge in [-0.15, -0.1) is 11.3 Å². The molecule has 0 aliphatic rings. The van der Waals surface area contributed by atoms with Crippen molar-refractivity contribution >= 4 is 11.3 Å². The number of thiophene rings is 1. The van der Waals surface area contributed by atoms with Crippen LogP contribution in [0.15, 0.2) is 11.4 Å². The van der Waals surface area contributed by atoms with E-state index in [2.05, 4.69) is 30.6 Å². The largest absolute Gasteiger partial charge is 0.313 e. The third-order valence-corrected chi connectivity index (χ3v) is 3.79. The van der Waals surface area contributed by atoms with Crippen molar-refractivity contribution in [1.29, 1.82) is 0 Å². The van der Waals surface area contributed by atoms with Crippen molar-refractivity contribution in [3.05, 3.63) is 21.9 Å². The van der Waals surface area contributed by atoms with Crippen LogP contribution in [0.2, 0.25) is 0 Å². The average Bonchev–Trinajstić information content (AvgIpc) is 2.73. The molecule has 0 fully saturated rings. The van der Waals surface area contributed by atoms with Gasteiger partial charge in [0.15, 0.2) is 0 Å². The maximum absolute atomic E-state index is 3.45. The van der Waals surface area contributed by atoms with Gasteiger partial charge in [-0.2, -0.15) is 0 Å². The lowest BCUT2D eigenvalue weighted by Crippen LogP contribution is -2.12. The lowest BCUT2D eigenvalue weighted by molar-refractivity contribution is 0.667. The minimum Gasteiger partial charge on any atom is -0.313 e. The number of hydrogen-bond donors (Lipinski definition) is 1. The zero-order valence-corrected chi connectivity index (χ0v) is 11.5. The Kier molecular flexibility index (Phi) is 7.52. The molecule has 0 aliphatic heterocycles. The minimum atomic E-state index is 1.04. The van der Waals surface area contributed by atoms with Gasteiger partial charge in [-0.05, 0) is 42.8 Å². The molecule has 0 radical (unpaired) electrons. The number of unbranched alkanes of at least 4 members (excludes halogenated alkanes) is 3. The summed E-state index contributed by atoms with van der Waals surface area (Å²) in [6.45, 7) is 6.64. The Morgan fingerprint density at radius 1 is 1.12 bits per heavy atom. The molecule has 0 aromatic carbocycles. The second-order valence-corrected chi connectivity index (χ2v) is 5.40. The summed E-state index contributed by atoms with van der Waals surface area (Å²) < 4.78 is 0. The SMILES string of the molecule is CCCCCCc1cc(CNCCC)cs1. The van der Waals surface area contributed by atoms with Gasteiger partial charge in [0.25, 0.3) is 0 Å². The Bertz CT molecular complexity index is 267. The van der Waals surface area contributed by atoms with Crippen molar-refractivity contribution in [2.45, 2.75) is 58.9 Å². The quantitative estimate of drug-likeness (QED) is 0.631. The minimum absolute atomic E-state index is 1.04. The molecule has 0 saturated heterocycles. The maximum atomic E-state index is 3.45. The fraction of sp³-hybridized carbons (Fsp3) is 0.714. The molecular formula is C14H25NS. The van der Waals surface area contributed by atoms with E-state index >= 15 is 0 Å². The molecule has 0 atom stereocenters. The number of hydrogen-bond acceptors (Lipinski definition) is 2. The zero-order valence-electron chi connectivity index (χ0n) is 10.7. The van der Waals surface area contributed by atoms with Crippen LogP contribution in [-0.4, -0.2) is 6.54 Å². The Balaban J connectivity index is 2.17. The first kappa shape index (κ1) is 13.7. The number of nitrogens with one attached hydrogen (secondary N) is 1. The molecule has 0 aliphatic carbocycles. The van der Waals surface area contributed by atoms with E-state index in [9.17, 15) is 0 Å². The smallest absolute Gasteiger partial charge is 0.0213 e. The van der Waals surface area contributed by atoms with Crippen LogP contribution >= 0.6 is 11.3 Å². The molecule has 0 saturated carbocycles. The summed E-state index contributed by atoms with van der Waals surface area (Å²) in [7, 11) is 0. The third-order valence-electron chi connectivity index (χ3n) is 2.74. The van der Waals surface area contributed by atoms with Crippen LogP contribution in [0.3, 0.4) is 0 Å². The van der Waals surface area contributed by atoms with Crippen LogP contribution in [-0.2, 0) is 13.0 Å². The van der Waals surface area contributed by atoms with Crippen LogP contribution in [0.5, 0.6) is 0 Å². The lowest BCUT2D eigenvalue weighted by Gasteiger charge is -1.99. The average molecular weight is 239 g/mol. The summed E-state index contributed by atoms with van der Waals surface area (Å²) in [6.07, 6.45) is 7.95. The molecule has 1 aromatic heterocycles. The molecule has 0 amide bonds. The van der Waals surface area contributed by atoms with Crippen molar-refractivity contribution in [2.24, 2.45) is 0 Å². The summed E-state index contributed by atoms with van der Waals surface area (Å²) in [5.41, 5.74) is 1.46. The monoisotopic (exact) mass is 239 g/mol. The Morgan fingerprint density at radius 3 is 2.75 bits per heavy atom. The fourth-order valence-corrected chi connectivity index (χ4v) is 2.72. The van der Waals surface area contributed by atoms with E-state index < -0.39 is 0 Å². The highest BCUT2D eigenvalue weighted by Crippen LogP contribution is 2.17. The second kappa shape index (κ2) is 8.77. The normalized spacial score (nSPS) is 10.9. The summed E-state index contributed by atoms with van der Waals surface area (Å²) >= 11 is 1.93. The molecule has 1 nitrogen and oxygen atoms in total. The van der Waals surface area contributed by atoms with E-state index in [1.54, 1.807) is 4.88 Å². The van der Waals surface area contributed by atoms with E-state index in [1.165, 1.54) is 44.1 Å². The molecule has 1 N–H and O–H groups in total. The molecule has 0 unspecified atom stereocenters. The van der Waals surface area contributed by atoms with E-state index in [-0.39, 0.29) is 0 Å². The third kappa shape index (κ3) is 5.66. The first-order valence-electron chi connectivity index (χ1n) is 6.63. The van der Waals surface area contributed by atoms with Gasteiger partial charge in [-0.3, -0.25) is 0 Å². The van der Waals surface area contributed by atoms with Crippen molar-refractivity contribution < 1.29 is 0 Å². The van der Waals surface area contributed by atoms with E-state index in [0.717, 1.165) is 13.1 Å². The molecule has 1 heterocycles. The molecule has 0 bridgehead atoms. The summed E-state index contributed by atoms with van der Waals surface area (Å²) in [4.78, 5) is 1.56. The van der Waals surface area contributed by atoms with Crippen molar-refractivity contribution in [1.82, 2.24) is 5.32 Å². The predicted molar refractivity (Wildman–Crippen MR) is 74.2 cm³/mol. The molecule has 1 rings (SSSR count). The predicted octanol–water partition coefficient (Wildman–Crippen LogP) is 4.37. The van der Waals surface area contributed by atoms with Gasteiger partial charge in [0.2, 0.25) is 0 Å². The van der Waals surface area contributed by atoms with E-state index in [1.807, 2.05) is 11.3 Å². The van der Waals surface area contributed by atoms with Crippen LogP contribution in [0.25, 0.3) is 0 Å². The van der Waals surface area contributed by atoms with Crippen molar-refractivity contribution in [3.8, 4) is 0 Å². The van der Waals surface area contributed by atoms with Gasteiger partial charge in [-0.25, -0.2) is 0 Å². The highest BCUT2D eigenvalue weighted by atomic mass is 32.1. The molecule has 0 spiro atoms. The summed E-state index contributed by atoms with van der Waals surface area (Å²) in [5.74, 6) is 0. The van der Waals surface area contributed by atoms with Crippen molar-refractivity contribution in [3.63, 3.8) is 0 Å². The topological polar surface area (TPSA) is 12.0 Å². The second-order valence-electron chi connectivity index (χ2n) is 4.41. The number of aryl methyl sites for hydroxylation is 1. The first-order valence-corrected chi connectivity index (χ1v) is 7.51. The Hall–Kier alpha value is -0.340. The summed E-state index contributed by atoms with van der Waals surface area (Å²) in [5, 5.41) is 5.75. The van der Waals surface area contributed by atoms with E-state index in [4.69, 9.17) is 0 Å². The van der Waals surface area contributed by atoms with Gasteiger partial charge in [0.1, 0.15) is 0 Å². The summed E-state index contributed by atoms with van der Waals surface area (Å²) in [6, 6.07) is 2.37. The highest BCUT2D eigenvalue weighted by Gasteiger charge is 1.99. The highest BCUT2D eigenvalue weighted by molar-refractivity contribution is 7.10. The number of rotatable bonds is 9. The van der Waals surface area contributed by atoms with Gasteiger partial charge >= 0.3 is 0 Å². The van der Waals surface area contributed by atoms with Crippen LogP contribution < -0.4 is 5.32 Å². The first-order chi connectivity index (χ1) is 7.86. The van der Waals surface area contributed by atoms with E-state index in [0.29, 0.717) is 0 Å². The zero-order chi connectivity index (χ0) is 11.6. The molecule has 2 heteroatoms. The standard InChI is InChI=1S/C14H25NS/c1-3-5-6-7-8-14-10-13(12-16-14)11-15-9-4-2/h10,12,15H,3-9,11H2,1-2H3.